The third-order valence-electron chi connectivity index (χ3n) is 2.81. The fraction of sp³-hybridized carbons (Fsp3) is 0.154. The lowest BCUT2D eigenvalue weighted by molar-refractivity contribution is -0.137. The molecule has 0 saturated carbocycles. The molecule has 8 heteroatoms. The third-order valence-corrected chi connectivity index (χ3v) is 3.78. The molecule has 108 valence electrons. The van der Waals surface area contributed by atoms with Gasteiger partial charge in [-0.15, -0.1) is 0 Å². The monoisotopic (exact) mass is 369 g/mol. The molecule has 1 aliphatic rings. The normalized spacial score (nSPS) is 14.2. The van der Waals surface area contributed by atoms with Gasteiger partial charge < -0.3 is 10.4 Å². The van der Waals surface area contributed by atoms with E-state index in [2.05, 4.69) is 21.2 Å². The van der Waals surface area contributed by atoms with Crippen molar-refractivity contribution in [1.29, 1.82) is 5.26 Å². The number of nitriles is 1. The number of amides is 2. The van der Waals surface area contributed by atoms with E-state index < -0.39 is 11.8 Å². The van der Waals surface area contributed by atoms with Crippen molar-refractivity contribution in [2.24, 2.45) is 0 Å². The van der Waals surface area contributed by atoms with Crippen LogP contribution in [0, 0.1) is 11.3 Å². The lowest BCUT2D eigenvalue weighted by Crippen LogP contribution is -2.34. The number of rotatable bonds is 4. The van der Waals surface area contributed by atoms with Crippen molar-refractivity contribution in [1.82, 2.24) is 4.90 Å². The number of aliphatic hydroxyl groups excluding tert-OH is 1. The Morgan fingerprint density at radius 1 is 1.43 bits per heavy atom. The van der Waals surface area contributed by atoms with Crippen molar-refractivity contribution in [3.05, 3.63) is 39.0 Å². The first-order chi connectivity index (χ1) is 9.99. The first-order valence-electron chi connectivity index (χ1n) is 5.83. The zero-order valence-electron chi connectivity index (χ0n) is 10.6. The Labute approximate surface area is 133 Å². The van der Waals surface area contributed by atoms with Crippen molar-refractivity contribution in [2.75, 3.05) is 18.5 Å². The molecule has 0 saturated heterocycles. The molecule has 1 aromatic rings. The molecule has 1 aliphatic heterocycles. The topological polar surface area (TPSA) is 93.4 Å². The molecule has 1 aromatic carbocycles. The van der Waals surface area contributed by atoms with E-state index in [0.29, 0.717) is 4.47 Å². The molecule has 0 spiro atoms. The van der Waals surface area contributed by atoms with Crippen molar-refractivity contribution in [3.63, 3.8) is 0 Å². The van der Waals surface area contributed by atoms with E-state index in [-0.39, 0.29) is 35.1 Å². The van der Waals surface area contributed by atoms with Crippen molar-refractivity contribution in [2.45, 2.75) is 0 Å². The highest BCUT2D eigenvalue weighted by Gasteiger charge is 2.31. The predicted octanol–water partition coefficient (Wildman–Crippen LogP) is 1.63. The largest absolute Gasteiger partial charge is 0.395 e. The maximum absolute atomic E-state index is 12.0. The van der Waals surface area contributed by atoms with E-state index in [4.69, 9.17) is 22.0 Å². The Bertz CT molecular complexity index is 697. The number of carbonyl (C=O) groups is 2. The summed E-state index contributed by atoms with van der Waals surface area (Å²) in [6.07, 6.45) is 1.11. The summed E-state index contributed by atoms with van der Waals surface area (Å²) >= 11 is 9.25. The van der Waals surface area contributed by atoms with Gasteiger partial charge in [0, 0.05) is 10.5 Å². The van der Waals surface area contributed by atoms with Gasteiger partial charge in [-0.2, -0.15) is 5.26 Å². The number of β-amino-alcohol motifs (C(OH)–C–C–N with tert-alkyl or cyclic N) is 1. The van der Waals surface area contributed by atoms with Gasteiger partial charge in [0.15, 0.2) is 0 Å². The molecule has 0 aliphatic carbocycles. The molecule has 0 atom stereocenters. The minimum atomic E-state index is -0.575. The van der Waals surface area contributed by atoms with Gasteiger partial charge in [-0.05, 0) is 28.1 Å². The molecule has 2 rings (SSSR count). The standard InChI is InChI=1S/C13H9BrClN3O3/c14-8-1-2-9(15)12(7(8)6-16)17-10-5-11(20)18(3-4-19)13(10)21/h1-2,5,17,19H,3-4H2. The van der Waals surface area contributed by atoms with Gasteiger partial charge >= 0.3 is 0 Å². The van der Waals surface area contributed by atoms with Crippen LogP contribution >= 0.6 is 27.5 Å². The van der Waals surface area contributed by atoms with Crippen LogP contribution in [0.2, 0.25) is 5.02 Å². The fourth-order valence-corrected chi connectivity index (χ4v) is 2.45. The number of anilines is 1. The molecule has 21 heavy (non-hydrogen) atoms. The Balaban J connectivity index is 2.35. The Hall–Kier alpha value is -1.88. The number of halogens is 2. The van der Waals surface area contributed by atoms with E-state index in [1.54, 1.807) is 12.1 Å². The number of imide groups is 1. The van der Waals surface area contributed by atoms with Crippen LogP contribution in [-0.2, 0) is 9.59 Å². The molecule has 2 amide bonds. The number of benzene rings is 1. The Morgan fingerprint density at radius 2 is 2.14 bits per heavy atom. The summed E-state index contributed by atoms with van der Waals surface area (Å²) in [5.74, 6) is -1.10. The number of carbonyl (C=O) groups excluding carboxylic acids is 2. The molecule has 6 nitrogen and oxygen atoms in total. The van der Waals surface area contributed by atoms with Crippen LogP contribution in [0.4, 0.5) is 5.69 Å². The third kappa shape index (κ3) is 2.93. The lowest BCUT2D eigenvalue weighted by Gasteiger charge is -2.14. The molecule has 0 unspecified atom stereocenters. The van der Waals surface area contributed by atoms with Gasteiger partial charge in [0.2, 0.25) is 0 Å². The molecule has 0 fully saturated rings. The fourth-order valence-electron chi connectivity index (χ4n) is 1.83. The maximum atomic E-state index is 12.0. The second-order valence-electron chi connectivity index (χ2n) is 4.09. The predicted molar refractivity (Wildman–Crippen MR) is 79.4 cm³/mol. The molecule has 0 aromatic heterocycles. The highest BCUT2D eigenvalue weighted by molar-refractivity contribution is 9.10. The molecular formula is C13H9BrClN3O3. The summed E-state index contributed by atoms with van der Waals surface area (Å²) in [6.45, 7) is -0.406. The van der Waals surface area contributed by atoms with Gasteiger partial charge in [-0.25, -0.2) is 0 Å². The van der Waals surface area contributed by atoms with Gasteiger partial charge in [-0.1, -0.05) is 11.6 Å². The maximum Gasteiger partial charge on any atom is 0.277 e. The highest BCUT2D eigenvalue weighted by Crippen LogP contribution is 2.33. The number of nitrogens with one attached hydrogen (secondary N) is 1. The minimum Gasteiger partial charge on any atom is -0.395 e. The highest BCUT2D eigenvalue weighted by atomic mass is 79.9. The van der Waals surface area contributed by atoms with Crippen molar-refractivity contribution in [3.8, 4) is 6.07 Å². The lowest BCUT2D eigenvalue weighted by atomic mass is 10.2. The summed E-state index contributed by atoms with van der Waals surface area (Å²) < 4.78 is 0.515. The van der Waals surface area contributed by atoms with Crippen LogP contribution in [-0.4, -0.2) is 35.0 Å². The average molecular weight is 371 g/mol. The van der Waals surface area contributed by atoms with Crippen LogP contribution < -0.4 is 5.32 Å². The molecule has 0 bridgehead atoms. The Kier molecular flexibility index (Phi) is 4.63. The van der Waals surface area contributed by atoms with Crippen LogP contribution in [0.15, 0.2) is 28.4 Å². The van der Waals surface area contributed by atoms with E-state index in [9.17, 15) is 9.59 Å². The zero-order valence-corrected chi connectivity index (χ0v) is 12.9. The molecule has 0 radical (unpaired) electrons. The smallest absolute Gasteiger partial charge is 0.277 e. The number of aliphatic hydroxyl groups is 1. The zero-order chi connectivity index (χ0) is 15.6. The SMILES string of the molecule is N#Cc1c(Br)ccc(Cl)c1NC1=CC(=O)N(CCO)C1=O. The van der Waals surface area contributed by atoms with Gasteiger partial charge in [0.1, 0.15) is 11.8 Å². The van der Waals surface area contributed by atoms with Gasteiger partial charge in [-0.3, -0.25) is 14.5 Å². The first-order valence-corrected chi connectivity index (χ1v) is 7.00. The molecule has 2 N–H and O–H groups in total. The number of hydrogen-bond donors (Lipinski definition) is 2. The van der Waals surface area contributed by atoms with E-state index in [1.165, 1.54) is 0 Å². The van der Waals surface area contributed by atoms with Gasteiger partial charge in [0.25, 0.3) is 11.8 Å². The summed E-state index contributed by atoms with van der Waals surface area (Å²) in [4.78, 5) is 24.6. The average Bonchev–Trinajstić information content (AvgIpc) is 2.71. The van der Waals surface area contributed by atoms with E-state index >= 15 is 0 Å². The number of nitrogens with zero attached hydrogens (tertiary/aromatic N) is 2. The molecular weight excluding hydrogens is 362 g/mol. The summed E-state index contributed by atoms with van der Waals surface area (Å²) in [7, 11) is 0. The first kappa shape index (κ1) is 15.5. The Morgan fingerprint density at radius 3 is 2.76 bits per heavy atom. The second-order valence-corrected chi connectivity index (χ2v) is 5.35. The van der Waals surface area contributed by atoms with Crippen LogP contribution in [0.25, 0.3) is 0 Å². The second kappa shape index (κ2) is 6.26. The van der Waals surface area contributed by atoms with Crippen LogP contribution in [0.3, 0.4) is 0 Å². The van der Waals surface area contributed by atoms with Crippen LogP contribution in [0.5, 0.6) is 0 Å². The van der Waals surface area contributed by atoms with E-state index in [1.807, 2.05) is 6.07 Å². The van der Waals surface area contributed by atoms with E-state index in [0.717, 1.165) is 11.0 Å². The quantitative estimate of drug-likeness (QED) is 0.786. The number of hydrogen-bond acceptors (Lipinski definition) is 5. The summed E-state index contributed by atoms with van der Waals surface area (Å²) in [6, 6.07) is 5.14. The van der Waals surface area contributed by atoms with Crippen molar-refractivity contribution >= 4 is 45.0 Å². The minimum absolute atomic E-state index is 0.00458. The summed E-state index contributed by atoms with van der Waals surface area (Å²) in [5.41, 5.74) is 0.473. The summed E-state index contributed by atoms with van der Waals surface area (Å²) in [5, 5.41) is 21.0. The van der Waals surface area contributed by atoms with Crippen LogP contribution in [0.1, 0.15) is 5.56 Å². The molecule has 1 heterocycles. The van der Waals surface area contributed by atoms with Crippen molar-refractivity contribution < 1.29 is 14.7 Å². The van der Waals surface area contributed by atoms with Gasteiger partial charge in [0.05, 0.1) is 29.4 Å².